The molecule has 12 heteroatoms. The van der Waals surface area contributed by atoms with Gasteiger partial charge in [-0.25, -0.2) is 28.7 Å². The summed E-state index contributed by atoms with van der Waals surface area (Å²) in [6.07, 6.45) is 0. The lowest BCUT2D eigenvalue weighted by atomic mass is 9.91. The lowest BCUT2D eigenvalue weighted by Gasteiger charge is -2.42. The van der Waals surface area contributed by atoms with Crippen LogP contribution in [0.25, 0.3) is 4.91 Å². The quantitative estimate of drug-likeness (QED) is 0.180. The average Bonchev–Trinajstić information content (AvgIpc) is 3.44. The maximum atomic E-state index is 15.0. The van der Waals surface area contributed by atoms with Crippen molar-refractivity contribution in [3.63, 3.8) is 0 Å². The van der Waals surface area contributed by atoms with E-state index in [9.17, 15) is 14.4 Å². The Labute approximate surface area is 281 Å². The van der Waals surface area contributed by atoms with Gasteiger partial charge in [0.05, 0.1) is 25.3 Å². The number of rotatable bonds is 10. The van der Waals surface area contributed by atoms with Crippen molar-refractivity contribution in [2.45, 2.75) is 18.5 Å². The van der Waals surface area contributed by atoms with Crippen molar-refractivity contribution >= 4 is 46.0 Å². The predicted molar refractivity (Wildman–Crippen MR) is 181 cm³/mol. The Balaban J connectivity index is 1.43. The number of likely N-dealkylation sites (N-methyl/N-ethyl adjacent to an activating group) is 1. The topological polar surface area (TPSA) is 94.2 Å². The van der Waals surface area contributed by atoms with Gasteiger partial charge < -0.3 is 10.2 Å². The van der Waals surface area contributed by atoms with Gasteiger partial charge in [0.25, 0.3) is 0 Å². The highest BCUT2D eigenvalue weighted by Crippen LogP contribution is 2.52. The van der Waals surface area contributed by atoms with Gasteiger partial charge in [0.15, 0.2) is 0 Å². The fourth-order valence-corrected chi connectivity index (χ4v) is 7.57. The minimum atomic E-state index is -0.818. The van der Waals surface area contributed by atoms with E-state index in [4.69, 9.17) is 0 Å². The first-order chi connectivity index (χ1) is 23.2. The summed E-state index contributed by atoms with van der Waals surface area (Å²) < 4.78 is 30.0. The minimum Gasteiger partial charge on any atom is -0.306 e. The number of hydroxylamine groups is 1. The van der Waals surface area contributed by atoms with Crippen LogP contribution in [0.1, 0.15) is 16.7 Å². The first-order valence-corrected chi connectivity index (χ1v) is 16.1. The number of hydrogen-bond donors (Lipinski definition) is 2. The summed E-state index contributed by atoms with van der Waals surface area (Å²) in [5.41, 5.74) is 5.45. The van der Waals surface area contributed by atoms with Crippen LogP contribution < -0.4 is 15.7 Å². The molecule has 5 amide bonds. The molecule has 2 heterocycles. The molecule has 2 aliphatic rings. The summed E-state index contributed by atoms with van der Waals surface area (Å²) in [5.74, 6) is -2.79. The molecule has 0 saturated carbocycles. The molecule has 48 heavy (non-hydrogen) atoms. The Morgan fingerprint density at radius 3 is 2.17 bits per heavy atom. The van der Waals surface area contributed by atoms with Crippen molar-refractivity contribution in [3.05, 3.63) is 137 Å². The molecule has 2 aliphatic heterocycles. The molecule has 9 nitrogen and oxygen atoms in total. The molecule has 2 atom stereocenters. The number of amides is 5. The zero-order chi connectivity index (χ0) is 33.8. The van der Waals surface area contributed by atoms with Gasteiger partial charge in [0, 0.05) is 29.2 Å². The van der Waals surface area contributed by atoms with Crippen LogP contribution in [0.4, 0.5) is 29.7 Å². The van der Waals surface area contributed by atoms with Gasteiger partial charge in [-0.15, -0.1) is 0 Å². The molecule has 0 aromatic heterocycles. The summed E-state index contributed by atoms with van der Waals surface area (Å²) in [6, 6.07) is 27.9. The van der Waals surface area contributed by atoms with Crippen LogP contribution in [0.15, 0.2) is 109 Å². The first-order valence-electron chi connectivity index (χ1n) is 15.2. The molecule has 0 radical (unpaired) electrons. The van der Waals surface area contributed by atoms with Gasteiger partial charge >= 0.3 is 12.1 Å². The zero-order valence-electron chi connectivity index (χ0n) is 26.2. The Bertz CT molecular complexity index is 1820. The van der Waals surface area contributed by atoms with E-state index in [0.29, 0.717) is 24.5 Å². The summed E-state index contributed by atoms with van der Waals surface area (Å²) >= 11 is 1.32. The standard InChI is InChI=1S/C36H33F2N5O4S/c1-41(20-23-10-5-3-6-11-23)21-28-31-33(44)43(26-12-7-4-8-13-26)36(46)42(22-27-29(37)14-9-15-30(27)38)34(31)48-32(28)24-16-18-25(19-17-24)39-35(45)40-47-2/h3-19,31,34H,20-22H2,1-2H3,(H2,39,40,45). The second-order valence-electron chi connectivity index (χ2n) is 11.5. The van der Waals surface area contributed by atoms with Crippen molar-refractivity contribution in [1.82, 2.24) is 15.3 Å². The summed E-state index contributed by atoms with van der Waals surface area (Å²) in [6.45, 7) is 0.593. The largest absolute Gasteiger partial charge is 0.343 e. The smallest absolute Gasteiger partial charge is 0.306 e. The SMILES string of the molecule is CONC(=O)Nc1ccc(C2=C(CN(C)Cc3ccccc3)C3C(=O)N(c4ccccc4)C(=O)N(Cc4c(F)cccc4F)C3S2)cc1. The van der Waals surface area contributed by atoms with E-state index < -0.39 is 40.9 Å². The van der Waals surface area contributed by atoms with Gasteiger partial charge in [0.2, 0.25) is 5.91 Å². The van der Waals surface area contributed by atoms with Crippen LogP contribution in [0, 0.1) is 17.6 Å². The molecule has 0 bridgehead atoms. The molecular weight excluding hydrogens is 636 g/mol. The van der Waals surface area contributed by atoms with Crippen molar-refractivity contribution < 1.29 is 28.0 Å². The van der Waals surface area contributed by atoms with Crippen molar-refractivity contribution in [2.24, 2.45) is 5.92 Å². The monoisotopic (exact) mass is 669 g/mol. The molecule has 0 aliphatic carbocycles. The van der Waals surface area contributed by atoms with Crippen molar-refractivity contribution in [1.29, 1.82) is 0 Å². The third-order valence-electron chi connectivity index (χ3n) is 8.16. The number of carbonyl (C=O) groups excluding carboxylic acids is 3. The maximum absolute atomic E-state index is 15.0. The first kappa shape index (κ1) is 32.9. The number of nitrogens with zero attached hydrogens (tertiary/aromatic N) is 3. The normalized spacial score (nSPS) is 17.6. The Kier molecular flexibility index (Phi) is 9.85. The molecule has 4 aromatic rings. The van der Waals surface area contributed by atoms with E-state index in [-0.39, 0.29) is 12.1 Å². The molecule has 1 fully saturated rings. The molecule has 2 unspecified atom stereocenters. The summed E-state index contributed by atoms with van der Waals surface area (Å²) in [4.78, 5) is 50.7. The highest BCUT2D eigenvalue weighted by molar-refractivity contribution is 8.09. The highest BCUT2D eigenvalue weighted by atomic mass is 32.2. The number of carbonyl (C=O) groups is 3. The number of nitrogens with one attached hydrogen (secondary N) is 2. The fourth-order valence-electron chi connectivity index (χ4n) is 6.01. The molecule has 2 N–H and O–H groups in total. The lowest BCUT2D eigenvalue weighted by Crippen LogP contribution is -2.60. The molecular formula is C36H33F2N5O4S. The van der Waals surface area contributed by atoms with Gasteiger partial charge in [-0.2, -0.15) is 0 Å². The van der Waals surface area contributed by atoms with Crippen LogP contribution >= 0.6 is 11.8 Å². The lowest BCUT2D eigenvalue weighted by molar-refractivity contribution is -0.122. The third-order valence-corrected chi connectivity index (χ3v) is 9.66. The van der Waals surface area contributed by atoms with E-state index >= 15 is 8.78 Å². The van der Waals surface area contributed by atoms with Crippen LogP contribution in [0.2, 0.25) is 0 Å². The minimum absolute atomic E-state index is 0.256. The summed E-state index contributed by atoms with van der Waals surface area (Å²) in [7, 11) is 3.29. The molecule has 0 spiro atoms. The Hall–Kier alpha value is -5.04. The van der Waals surface area contributed by atoms with Gasteiger partial charge in [-0.1, -0.05) is 78.5 Å². The van der Waals surface area contributed by atoms with Crippen LogP contribution in [-0.2, 0) is 22.7 Å². The Morgan fingerprint density at radius 1 is 0.875 bits per heavy atom. The van der Waals surface area contributed by atoms with Gasteiger partial charge in [-0.3, -0.25) is 14.5 Å². The molecule has 246 valence electrons. The van der Waals surface area contributed by atoms with E-state index in [1.54, 1.807) is 42.5 Å². The summed E-state index contributed by atoms with van der Waals surface area (Å²) in [5, 5.41) is 1.90. The average molecular weight is 670 g/mol. The van der Waals surface area contributed by atoms with Crippen LogP contribution in [-0.4, -0.2) is 53.8 Å². The number of urea groups is 2. The van der Waals surface area contributed by atoms with E-state index in [1.807, 2.05) is 49.5 Å². The molecule has 1 saturated heterocycles. The van der Waals surface area contributed by atoms with E-state index in [2.05, 4.69) is 20.5 Å². The number of thioether (sulfide) groups is 1. The zero-order valence-corrected chi connectivity index (χ0v) is 27.0. The van der Waals surface area contributed by atoms with Crippen molar-refractivity contribution in [3.8, 4) is 0 Å². The predicted octanol–water partition coefficient (Wildman–Crippen LogP) is 6.85. The number of halogens is 2. The second kappa shape index (κ2) is 14.4. The molecule has 6 rings (SSSR count). The fraction of sp³-hybridized carbons (Fsp3) is 0.194. The number of hydrogen-bond acceptors (Lipinski definition) is 6. The third kappa shape index (κ3) is 6.82. The number of anilines is 2. The number of fused-ring (bicyclic) bond motifs is 1. The second-order valence-corrected chi connectivity index (χ2v) is 12.6. The van der Waals surface area contributed by atoms with Crippen LogP contribution in [0.5, 0.6) is 0 Å². The highest BCUT2D eigenvalue weighted by Gasteiger charge is 2.53. The van der Waals surface area contributed by atoms with Gasteiger partial charge in [0.1, 0.15) is 17.0 Å². The van der Waals surface area contributed by atoms with E-state index in [0.717, 1.165) is 38.6 Å². The number of para-hydroxylation sites is 1. The molecule has 4 aromatic carbocycles. The maximum Gasteiger partial charge on any atom is 0.343 e. The van der Waals surface area contributed by atoms with Crippen molar-refractivity contribution in [2.75, 3.05) is 30.9 Å². The number of imide groups is 1. The number of benzene rings is 4. The van der Waals surface area contributed by atoms with Crippen LogP contribution in [0.3, 0.4) is 0 Å². The Morgan fingerprint density at radius 2 is 1.52 bits per heavy atom. The van der Waals surface area contributed by atoms with E-state index in [1.165, 1.54) is 29.8 Å². The van der Waals surface area contributed by atoms with Gasteiger partial charge in [-0.05, 0) is 60.1 Å².